The second-order valence-electron chi connectivity index (χ2n) is 6.44. The fourth-order valence-corrected chi connectivity index (χ4v) is 2.72. The summed E-state index contributed by atoms with van der Waals surface area (Å²) in [5.74, 6) is -0.227. The lowest BCUT2D eigenvalue weighted by Crippen LogP contribution is -2.41. The van der Waals surface area contributed by atoms with Crippen molar-refractivity contribution in [1.29, 1.82) is 0 Å². The molecule has 0 heterocycles. The Morgan fingerprint density at radius 1 is 1.11 bits per heavy atom. The van der Waals surface area contributed by atoms with Crippen LogP contribution in [0.1, 0.15) is 17.2 Å². The summed E-state index contributed by atoms with van der Waals surface area (Å²) in [6, 6.07) is 12.0. The van der Waals surface area contributed by atoms with Gasteiger partial charge in [-0.3, -0.25) is 0 Å². The smallest absolute Gasteiger partial charge is 0.387 e. The van der Waals surface area contributed by atoms with Gasteiger partial charge in [-0.25, -0.2) is 9.18 Å². The van der Waals surface area contributed by atoms with Crippen molar-refractivity contribution in [2.24, 2.45) is 0 Å². The number of amides is 2. The molecule has 1 atom stereocenters. The molecule has 2 aromatic carbocycles. The Labute approximate surface area is 162 Å². The number of benzene rings is 2. The monoisotopic (exact) mass is 395 g/mol. The highest BCUT2D eigenvalue weighted by Crippen LogP contribution is 2.18. The number of carbonyl (C=O) groups is 1. The number of alkyl halides is 2. The van der Waals surface area contributed by atoms with E-state index in [1.54, 1.807) is 18.2 Å². The van der Waals surface area contributed by atoms with Crippen molar-refractivity contribution in [2.75, 3.05) is 27.2 Å². The van der Waals surface area contributed by atoms with Gasteiger partial charge in [-0.15, -0.1) is 0 Å². The molecule has 0 spiro atoms. The van der Waals surface area contributed by atoms with E-state index in [9.17, 15) is 18.0 Å². The highest BCUT2D eigenvalue weighted by molar-refractivity contribution is 5.73. The Morgan fingerprint density at radius 2 is 1.82 bits per heavy atom. The molecule has 0 fully saturated rings. The zero-order chi connectivity index (χ0) is 20.5. The van der Waals surface area contributed by atoms with E-state index in [1.807, 2.05) is 25.1 Å². The summed E-state index contributed by atoms with van der Waals surface area (Å²) in [6.07, 6.45) is 0.545. The van der Waals surface area contributed by atoms with Crippen LogP contribution in [0.5, 0.6) is 5.75 Å². The number of ether oxygens (including phenoxy) is 1. The molecule has 0 bridgehead atoms. The normalized spacial score (nSPS) is 12.1. The molecule has 28 heavy (non-hydrogen) atoms. The number of likely N-dealkylation sites (N-methyl/N-ethyl adjacent to an activating group) is 1. The average Bonchev–Trinajstić information content (AvgIpc) is 2.63. The molecule has 1 unspecified atom stereocenters. The van der Waals surface area contributed by atoms with Gasteiger partial charge in [0.25, 0.3) is 0 Å². The van der Waals surface area contributed by atoms with Crippen LogP contribution in [-0.4, -0.2) is 44.7 Å². The Balaban J connectivity index is 1.77. The fraction of sp³-hybridized carbons (Fsp3) is 0.350. The van der Waals surface area contributed by atoms with E-state index in [1.165, 1.54) is 24.3 Å². The molecule has 8 heteroatoms. The number of rotatable bonds is 9. The number of halogens is 3. The topological polar surface area (TPSA) is 53.6 Å². The maximum Gasteiger partial charge on any atom is 0.387 e. The molecule has 0 aliphatic carbocycles. The molecule has 0 radical (unpaired) electrons. The van der Waals surface area contributed by atoms with Gasteiger partial charge < -0.3 is 20.3 Å². The molecular weight excluding hydrogens is 371 g/mol. The third-order valence-electron chi connectivity index (χ3n) is 4.16. The summed E-state index contributed by atoms with van der Waals surface area (Å²) < 4.78 is 42.0. The molecule has 0 saturated heterocycles. The van der Waals surface area contributed by atoms with Gasteiger partial charge in [-0.2, -0.15) is 8.78 Å². The minimum Gasteiger partial charge on any atom is -0.435 e. The first-order valence-electron chi connectivity index (χ1n) is 8.82. The van der Waals surface area contributed by atoms with Crippen molar-refractivity contribution in [3.63, 3.8) is 0 Å². The second-order valence-corrected chi connectivity index (χ2v) is 6.44. The molecular formula is C20H24F3N3O2. The van der Waals surface area contributed by atoms with Crippen LogP contribution in [0.3, 0.4) is 0 Å². The summed E-state index contributed by atoms with van der Waals surface area (Å²) in [5.41, 5.74) is 1.66. The third kappa shape index (κ3) is 7.11. The Hall–Kier alpha value is -2.74. The number of hydrogen-bond acceptors (Lipinski definition) is 3. The molecule has 0 aliphatic rings. The van der Waals surface area contributed by atoms with E-state index >= 15 is 0 Å². The summed E-state index contributed by atoms with van der Waals surface area (Å²) in [5, 5.41) is 5.52. The summed E-state index contributed by atoms with van der Waals surface area (Å²) in [7, 11) is 3.72. The van der Waals surface area contributed by atoms with Gasteiger partial charge in [-0.05, 0) is 55.9 Å². The van der Waals surface area contributed by atoms with Gasteiger partial charge in [0.05, 0.1) is 6.04 Å². The Kier molecular flexibility index (Phi) is 8.13. The Bertz CT molecular complexity index is 755. The summed E-state index contributed by atoms with van der Waals surface area (Å²) >= 11 is 0. The lowest BCUT2D eigenvalue weighted by atomic mass is 10.1. The minimum absolute atomic E-state index is 0.0940. The SMILES string of the molecule is CN(C)C(CNC(=O)NCCc1ccc(OC(F)F)cc1)c1cccc(F)c1. The van der Waals surface area contributed by atoms with E-state index in [4.69, 9.17) is 0 Å². The van der Waals surface area contributed by atoms with Crippen molar-refractivity contribution >= 4 is 6.03 Å². The number of urea groups is 1. The molecule has 0 aliphatic heterocycles. The Morgan fingerprint density at radius 3 is 2.43 bits per heavy atom. The quantitative estimate of drug-likeness (QED) is 0.683. The van der Waals surface area contributed by atoms with Gasteiger partial charge in [-0.1, -0.05) is 24.3 Å². The minimum atomic E-state index is -2.85. The van der Waals surface area contributed by atoms with E-state index in [2.05, 4.69) is 15.4 Å². The van der Waals surface area contributed by atoms with Crippen LogP contribution in [0.15, 0.2) is 48.5 Å². The van der Waals surface area contributed by atoms with Crippen LogP contribution in [0.4, 0.5) is 18.0 Å². The number of hydrogen-bond donors (Lipinski definition) is 2. The van der Waals surface area contributed by atoms with Crippen molar-refractivity contribution in [2.45, 2.75) is 19.1 Å². The predicted octanol–water partition coefficient (Wildman–Crippen LogP) is 3.57. The summed E-state index contributed by atoms with van der Waals surface area (Å²) in [4.78, 5) is 13.9. The summed E-state index contributed by atoms with van der Waals surface area (Å²) in [6.45, 7) is -2.15. The first-order valence-corrected chi connectivity index (χ1v) is 8.82. The van der Waals surface area contributed by atoms with Crippen molar-refractivity contribution in [3.05, 3.63) is 65.5 Å². The highest BCUT2D eigenvalue weighted by atomic mass is 19.3. The molecule has 152 valence electrons. The van der Waals surface area contributed by atoms with Crippen molar-refractivity contribution in [1.82, 2.24) is 15.5 Å². The van der Waals surface area contributed by atoms with Crippen LogP contribution < -0.4 is 15.4 Å². The van der Waals surface area contributed by atoms with Gasteiger partial charge >= 0.3 is 12.6 Å². The molecule has 2 aromatic rings. The zero-order valence-corrected chi connectivity index (χ0v) is 15.8. The van der Waals surface area contributed by atoms with Gasteiger partial charge in [0.2, 0.25) is 0 Å². The van der Waals surface area contributed by atoms with Crippen molar-refractivity contribution in [3.8, 4) is 5.75 Å². The largest absolute Gasteiger partial charge is 0.435 e. The lowest BCUT2D eigenvalue weighted by molar-refractivity contribution is -0.0498. The lowest BCUT2D eigenvalue weighted by Gasteiger charge is -2.25. The maximum absolute atomic E-state index is 13.4. The van der Waals surface area contributed by atoms with Crippen LogP contribution in [0.2, 0.25) is 0 Å². The van der Waals surface area contributed by atoms with Crippen LogP contribution >= 0.6 is 0 Å². The predicted molar refractivity (Wildman–Crippen MR) is 101 cm³/mol. The fourth-order valence-electron chi connectivity index (χ4n) is 2.72. The molecule has 5 nitrogen and oxygen atoms in total. The molecule has 2 N–H and O–H groups in total. The first-order chi connectivity index (χ1) is 13.3. The van der Waals surface area contributed by atoms with Crippen LogP contribution in [0.25, 0.3) is 0 Å². The van der Waals surface area contributed by atoms with Crippen LogP contribution in [0, 0.1) is 5.82 Å². The zero-order valence-electron chi connectivity index (χ0n) is 15.8. The second kappa shape index (κ2) is 10.6. The standard InChI is InChI=1S/C20H24F3N3O2/c1-26(2)18(15-4-3-5-16(21)12-15)13-25-20(27)24-11-10-14-6-8-17(9-7-14)28-19(22)23/h3-9,12,18-19H,10-11,13H2,1-2H3,(H2,24,25,27). The van der Waals surface area contributed by atoms with E-state index in [0.29, 0.717) is 19.5 Å². The van der Waals surface area contributed by atoms with Crippen LogP contribution in [-0.2, 0) is 6.42 Å². The van der Waals surface area contributed by atoms with E-state index in [0.717, 1.165) is 11.1 Å². The average molecular weight is 395 g/mol. The van der Waals surface area contributed by atoms with Gasteiger partial charge in [0, 0.05) is 13.1 Å². The highest BCUT2D eigenvalue weighted by Gasteiger charge is 2.15. The van der Waals surface area contributed by atoms with E-state index in [-0.39, 0.29) is 23.6 Å². The molecule has 2 amide bonds. The maximum atomic E-state index is 13.4. The molecule has 0 saturated carbocycles. The van der Waals surface area contributed by atoms with Gasteiger partial charge in [0.15, 0.2) is 0 Å². The molecule has 0 aromatic heterocycles. The number of nitrogens with one attached hydrogen (secondary N) is 2. The third-order valence-corrected chi connectivity index (χ3v) is 4.16. The van der Waals surface area contributed by atoms with Gasteiger partial charge in [0.1, 0.15) is 11.6 Å². The first kappa shape index (κ1) is 21.6. The molecule has 2 rings (SSSR count). The number of nitrogens with zero attached hydrogens (tertiary/aromatic N) is 1. The van der Waals surface area contributed by atoms with E-state index < -0.39 is 6.61 Å². The number of carbonyl (C=O) groups excluding carboxylic acids is 1. The van der Waals surface area contributed by atoms with Crippen molar-refractivity contribution < 1.29 is 22.7 Å².